The van der Waals surface area contributed by atoms with Crippen molar-refractivity contribution in [2.75, 3.05) is 21.3 Å². The Morgan fingerprint density at radius 2 is 1.09 bits per heavy atom. The summed E-state index contributed by atoms with van der Waals surface area (Å²) < 4.78 is 15.8. The Bertz CT molecular complexity index is 1770. The smallest absolute Gasteiger partial charge is 0.337 e. The molecule has 0 aliphatic rings. The van der Waals surface area contributed by atoms with Crippen molar-refractivity contribution in [1.29, 1.82) is 0 Å². The molecule has 0 atom stereocenters. The number of hydrogen-bond acceptors (Lipinski definition) is 5. The molecule has 5 rings (SSSR count). The molecule has 0 saturated carbocycles. The molecule has 5 aromatic carbocycles. The minimum atomic E-state index is -1.01. The molecule has 0 bridgehead atoms. The van der Waals surface area contributed by atoms with Crippen molar-refractivity contribution < 1.29 is 23.8 Å². The standard InChI is InChI=1S/C39H33O5P/c1-42-36-19-11-18-35(37(36)45(32-13-6-4-7-14-32)33-15-8-5-9-16-33)34(29-24-26-31(27-25-29)39(41)44-3)17-10-12-28-20-22-30(23-21-28)38(40)43-2/h4-27H,1-3H3/b12-10+,34-17+. The molecule has 0 aliphatic heterocycles. The first kappa shape index (κ1) is 31.2. The minimum absolute atomic E-state index is 0.373. The van der Waals surface area contributed by atoms with Crippen LogP contribution in [0.5, 0.6) is 5.75 Å². The topological polar surface area (TPSA) is 61.8 Å². The normalized spacial score (nSPS) is 11.4. The molecule has 0 aliphatic carbocycles. The molecule has 0 amide bonds. The number of esters is 2. The first-order valence-electron chi connectivity index (χ1n) is 14.4. The molecule has 6 heteroatoms. The Balaban J connectivity index is 1.69. The summed E-state index contributed by atoms with van der Waals surface area (Å²) in [6.07, 6.45) is 6.05. The van der Waals surface area contributed by atoms with E-state index in [0.29, 0.717) is 11.1 Å². The highest BCUT2D eigenvalue weighted by molar-refractivity contribution is 7.80. The maximum atomic E-state index is 12.2. The van der Waals surface area contributed by atoms with Gasteiger partial charge >= 0.3 is 11.9 Å². The predicted molar refractivity (Wildman–Crippen MR) is 183 cm³/mol. The van der Waals surface area contributed by atoms with E-state index in [1.165, 1.54) is 24.8 Å². The van der Waals surface area contributed by atoms with Gasteiger partial charge in [-0.05, 0) is 71.1 Å². The first-order chi connectivity index (χ1) is 22.0. The molecule has 45 heavy (non-hydrogen) atoms. The van der Waals surface area contributed by atoms with Gasteiger partial charge in [-0.25, -0.2) is 9.59 Å². The van der Waals surface area contributed by atoms with Crippen LogP contribution in [0, 0.1) is 0 Å². The number of carbonyl (C=O) groups excluding carboxylic acids is 2. The number of methoxy groups -OCH3 is 3. The van der Waals surface area contributed by atoms with Gasteiger partial charge in [0.1, 0.15) is 5.75 Å². The van der Waals surface area contributed by atoms with E-state index in [9.17, 15) is 9.59 Å². The minimum Gasteiger partial charge on any atom is -0.496 e. The Morgan fingerprint density at radius 3 is 1.60 bits per heavy atom. The molecule has 0 fully saturated rings. The molecule has 0 aromatic heterocycles. The van der Waals surface area contributed by atoms with Gasteiger partial charge in [0.15, 0.2) is 0 Å². The fourth-order valence-electron chi connectivity index (χ4n) is 5.05. The highest BCUT2D eigenvalue weighted by atomic mass is 31.1. The van der Waals surface area contributed by atoms with Crippen LogP contribution >= 0.6 is 7.92 Å². The molecule has 0 N–H and O–H groups in total. The second-order valence-corrected chi connectivity index (χ2v) is 12.1. The monoisotopic (exact) mass is 612 g/mol. The summed E-state index contributed by atoms with van der Waals surface area (Å²) in [5.74, 6) is 0.0360. The lowest BCUT2D eigenvalue weighted by atomic mass is 9.96. The van der Waals surface area contributed by atoms with Crippen molar-refractivity contribution >= 4 is 47.4 Å². The SMILES string of the molecule is COC(=O)c1ccc(/C=C/C=C(\c2ccc(C(=O)OC)cc2)c2cccc(OC)c2P(c2ccccc2)c2ccccc2)cc1. The van der Waals surface area contributed by atoms with Gasteiger partial charge in [0, 0.05) is 5.30 Å². The number of rotatable bonds is 10. The molecule has 0 radical (unpaired) electrons. The van der Waals surface area contributed by atoms with Gasteiger partial charge in [-0.2, -0.15) is 0 Å². The Labute approximate surface area is 265 Å². The highest BCUT2D eigenvalue weighted by Crippen LogP contribution is 2.41. The largest absolute Gasteiger partial charge is 0.496 e. The zero-order valence-electron chi connectivity index (χ0n) is 25.3. The first-order valence-corrected chi connectivity index (χ1v) is 15.7. The van der Waals surface area contributed by atoms with E-state index in [-0.39, 0.29) is 11.9 Å². The average Bonchev–Trinajstić information content (AvgIpc) is 3.11. The van der Waals surface area contributed by atoms with E-state index in [4.69, 9.17) is 14.2 Å². The summed E-state index contributed by atoms with van der Waals surface area (Å²) in [7, 11) is 3.44. The van der Waals surface area contributed by atoms with Gasteiger partial charge in [-0.3, -0.25) is 0 Å². The molecule has 0 heterocycles. The second-order valence-electron chi connectivity index (χ2n) is 9.98. The van der Waals surface area contributed by atoms with Crippen molar-refractivity contribution in [2.24, 2.45) is 0 Å². The Hall–Kier alpha value is -5.25. The molecule has 0 spiro atoms. The van der Waals surface area contributed by atoms with E-state index in [0.717, 1.165) is 33.3 Å². The lowest BCUT2D eigenvalue weighted by Crippen LogP contribution is -2.24. The zero-order valence-corrected chi connectivity index (χ0v) is 26.2. The number of benzene rings is 5. The zero-order chi connectivity index (χ0) is 31.6. The average molecular weight is 613 g/mol. The highest BCUT2D eigenvalue weighted by Gasteiger charge is 2.25. The Kier molecular flexibility index (Phi) is 10.4. The summed E-state index contributed by atoms with van der Waals surface area (Å²) in [5, 5.41) is 3.49. The van der Waals surface area contributed by atoms with Crippen molar-refractivity contribution in [1.82, 2.24) is 0 Å². The predicted octanol–water partition coefficient (Wildman–Crippen LogP) is 7.17. The van der Waals surface area contributed by atoms with Gasteiger partial charge in [0.05, 0.1) is 32.5 Å². The lowest BCUT2D eigenvalue weighted by molar-refractivity contribution is 0.0592. The van der Waals surface area contributed by atoms with Crippen LogP contribution in [0.25, 0.3) is 11.6 Å². The molecule has 0 saturated heterocycles. The van der Waals surface area contributed by atoms with Gasteiger partial charge in [0.2, 0.25) is 0 Å². The number of ether oxygens (including phenoxy) is 3. The van der Waals surface area contributed by atoms with E-state index in [1.807, 2.05) is 60.7 Å². The Morgan fingerprint density at radius 1 is 0.578 bits per heavy atom. The third-order valence-electron chi connectivity index (χ3n) is 7.26. The fraction of sp³-hybridized carbons (Fsp3) is 0.0769. The van der Waals surface area contributed by atoms with Crippen molar-refractivity contribution in [2.45, 2.75) is 0 Å². The van der Waals surface area contributed by atoms with Crippen molar-refractivity contribution in [3.05, 3.63) is 167 Å². The van der Waals surface area contributed by atoms with E-state index in [1.54, 1.807) is 31.4 Å². The number of carbonyl (C=O) groups is 2. The van der Waals surface area contributed by atoms with Crippen molar-refractivity contribution in [3.63, 3.8) is 0 Å². The summed E-state index contributed by atoms with van der Waals surface area (Å²) in [5.41, 5.74) is 4.81. The van der Waals surface area contributed by atoms with Crippen LogP contribution in [0.2, 0.25) is 0 Å². The maximum Gasteiger partial charge on any atom is 0.337 e. The number of hydrogen-bond donors (Lipinski definition) is 0. The van der Waals surface area contributed by atoms with Crippen LogP contribution in [-0.4, -0.2) is 33.3 Å². The van der Waals surface area contributed by atoms with Crippen LogP contribution in [-0.2, 0) is 9.47 Å². The van der Waals surface area contributed by atoms with Crippen LogP contribution in [0.3, 0.4) is 0 Å². The summed E-state index contributed by atoms with van der Waals surface area (Å²) in [4.78, 5) is 24.1. The van der Waals surface area contributed by atoms with E-state index < -0.39 is 7.92 Å². The van der Waals surface area contributed by atoms with E-state index in [2.05, 4.69) is 60.7 Å². The van der Waals surface area contributed by atoms with E-state index >= 15 is 0 Å². The summed E-state index contributed by atoms with van der Waals surface area (Å²) in [6, 6.07) is 41.8. The van der Waals surface area contributed by atoms with Crippen LogP contribution < -0.4 is 20.7 Å². The fourth-order valence-corrected chi connectivity index (χ4v) is 7.62. The number of allylic oxidation sites excluding steroid dienone is 2. The molecule has 0 unspecified atom stereocenters. The second kappa shape index (κ2) is 15.0. The van der Waals surface area contributed by atoms with Crippen molar-refractivity contribution in [3.8, 4) is 5.75 Å². The summed E-state index contributed by atoms with van der Waals surface area (Å²) in [6.45, 7) is 0. The van der Waals surface area contributed by atoms with Gasteiger partial charge in [0.25, 0.3) is 0 Å². The molecular weight excluding hydrogens is 579 g/mol. The third-order valence-corrected chi connectivity index (χ3v) is 9.80. The van der Waals surface area contributed by atoms with Crippen LogP contribution in [0.4, 0.5) is 0 Å². The van der Waals surface area contributed by atoms with Crippen LogP contribution in [0.1, 0.15) is 37.4 Å². The third kappa shape index (κ3) is 7.29. The quantitative estimate of drug-likeness (QED) is 0.0951. The lowest BCUT2D eigenvalue weighted by Gasteiger charge is -2.25. The summed E-state index contributed by atoms with van der Waals surface area (Å²) >= 11 is 0. The molecule has 5 nitrogen and oxygen atoms in total. The maximum absolute atomic E-state index is 12.2. The molecule has 5 aromatic rings. The van der Waals surface area contributed by atoms with Gasteiger partial charge in [-0.15, -0.1) is 0 Å². The van der Waals surface area contributed by atoms with Gasteiger partial charge < -0.3 is 14.2 Å². The van der Waals surface area contributed by atoms with Crippen LogP contribution in [0.15, 0.2) is 140 Å². The molecule has 224 valence electrons. The van der Waals surface area contributed by atoms with Gasteiger partial charge in [-0.1, -0.05) is 115 Å². The molecular formula is C39H33O5P.